The maximum atomic E-state index is 13.1. The van der Waals surface area contributed by atoms with Gasteiger partial charge in [-0.3, -0.25) is 4.79 Å². The van der Waals surface area contributed by atoms with Crippen LogP contribution in [0.4, 0.5) is 0 Å². The molecule has 4 nitrogen and oxygen atoms in total. The average Bonchev–Trinajstić information content (AvgIpc) is 2.92. The summed E-state index contributed by atoms with van der Waals surface area (Å²) in [4.78, 5) is 17.7. The first-order valence-electron chi connectivity index (χ1n) is 9.04. The molecule has 2 heterocycles. The van der Waals surface area contributed by atoms with E-state index in [1.54, 1.807) is 0 Å². The minimum atomic E-state index is -0.171. The van der Waals surface area contributed by atoms with Crippen molar-refractivity contribution in [3.63, 3.8) is 0 Å². The summed E-state index contributed by atoms with van der Waals surface area (Å²) in [5.41, 5.74) is 1.55. The molecule has 25 heavy (non-hydrogen) atoms. The lowest BCUT2D eigenvalue weighted by atomic mass is 9.49. The third-order valence-electron chi connectivity index (χ3n) is 6.37. The quantitative estimate of drug-likeness (QED) is 0.748. The summed E-state index contributed by atoms with van der Waals surface area (Å²) >= 11 is 10.0. The second kappa shape index (κ2) is 5.46. The molecular weight excluding hydrogens is 402 g/mol. The molecule has 0 aromatic carbocycles. The van der Waals surface area contributed by atoms with Gasteiger partial charge >= 0.3 is 0 Å². The Morgan fingerprint density at radius 1 is 1.28 bits per heavy atom. The molecule has 4 aliphatic rings. The summed E-state index contributed by atoms with van der Waals surface area (Å²) in [7, 11) is 0. The Morgan fingerprint density at radius 3 is 2.76 bits per heavy atom. The van der Waals surface area contributed by atoms with E-state index in [4.69, 9.17) is 11.6 Å². The highest BCUT2D eigenvalue weighted by molar-refractivity contribution is 9.10. The lowest BCUT2D eigenvalue weighted by molar-refractivity contribution is -0.144. The number of carbonyl (C=O) groups is 1. The Morgan fingerprint density at radius 2 is 2.04 bits per heavy atom. The van der Waals surface area contributed by atoms with Crippen LogP contribution >= 0.6 is 27.5 Å². The van der Waals surface area contributed by atoms with Gasteiger partial charge in [0.1, 0.15) is 5.65 Å². The number of imidazole rings is 1. The number of amides is 1. The lowest BCUT2D eigenvalue weighted by Gasteiger charge is -2.59. The number of rotatable bonds is 3. The van der Waals surface area contributed by atoms with Crippen molar-refractivity contribution in [2.75, 3.05) is 0 Å². The Kier molecular flexibility index (Phi) is 3.52. The Labute approximate surface area is 160 Å². The van der Waals surface area contributed by atoms with Gasteiger partial charge in [0.05, 0.1) is 22.7 Å². The molecule has 0 spiro atoms. The molecule has 1 N–H and O–H groups in total. The van der Waals surface area contributed by atoms with E-state index < -0.39 is 0 Å². The van der Waals surface area contributed by atoms with Crippen LogP contribution in [0.1, 0.15) is 44.2 Å². The van der Waals surface area contributed by atoms with Crippen LogP contribution in [-0.4, -0.2) is 19.6 Å². The number of hydrogen-bond donors (Lipinski definition) is 1. The summed E-state index contributed by atoms with van der Waals surface area (Å²) in [5, 5.41) is 3.86. The van der Waals surface area contributed by atoms with Crippen molar-refractivity contribution in [1.29, 1.82) is 0 Å². The molecule has 4 aliphatic carbocycles. The van der Waals surface area contributed by atoms with E-state index in [9.17, 15) is 4.79 Å². The highest BCUT2D eigenvalue weighted by Gasteiger charge is 2.59. The van der Waals surface area contributed by atoms with Crippen LogP contribution in [0.5, 0.6) is 0 Å². The fourth-order valence-corrected chi connectivity index (χ4v) is 7.50. The maximum Gasteiger partial charge on any atom is 0.226 e. The molecule has 132 valence electrons. The molecule has 0 radical (unpaired) electrons. The molecule has 4 saturated carbocycles. The standard InChI is InChI=1S/C19H21BrClN3O/c20-19-6-12-3-13(7-19)5-18(4-12,11-19)17(25)22-8-15-10-24-9-14(21)1-2-16(24)23-15/h1-2,9-10,12-13H,3-8,11H2,(H,22,25). The number of carbonyl (C=O) groups excluding carboxylic acids is 1. The van der Waals surface area contributed by atoms with Gasteiger partial charge in [0.25, 0.3) is 0 Å². The van der Waals surface area contributed by atoms with Gasteiger partial charge in [-0.2, -0.15) is 0 Å². The summed E-state index contributed by atoms with van der Waals surface area (Å²) in [6.45, 7) is 0.477. The van der Waals surface area contributed by atoms with Gasteiger partial charge in [0.15, 0.2) is 0 Å². The third-order valence-corrected chi connectivity index (χ3v) is 7.52. The zero-order valence-electron chi connectivity index (χ0n) is 14.0. The van der Waals surface area contributed by atoms with Gasteiger partial charge in [-0.1, -0.05) is 27.5 Å². The van der Waals surface area contributed by atoms with Crippen molar-refractivity contribution in [3.05, 3.63) is 35.2 Å². The number of hydrogen-bond acceptors (Lipinski definition) is 2. The number of fused-ring (bicyclic) bond motifs is 1. The largest absolute Gasteiger partial charge is 0.350 e. The maximum absolute atomic E-state index is 13.1. The topological polar surface area (TPSA) is 46.4 Å². The van der Waals surface area contributed by atoms with Crippen molar-refractivity contribution in [1.82, 2.24) is 14.7 Å². The van der Waals surface area contributed by atoms with Gasteiger partial charge < -0.3 is 9.72 Å². The van der Waals surface area contributed by atoms with E-state index in [0.29, 0.717) is 23.4 Å². The highest BCUT2D eigenvalue weighted by Crippen LogP contribution is 2.64. The molecule has 6 heteroatoms. The van der Waals surface area contributed by atoms with Gasteiger partial charge in [-0.15, -0.1) is 0 Å². The average molecular weight is 423 g/mol. The highest BCUT2D eigenvalue weighted by atomic mass is 79.9. The SMILES string of the molecule is O=C(NCc1cn2cc(Cl)ccc2n1)C12CC3CC(CC(Br)(C3)C1)C2. The number of pyridine rings is 1. The number of aromatic nitrogens is 2. The van der Waals surface area contributed by atoms with Crippen LogP contribution in [-0.2, 0) is 11.3 Å². The first-order chi connectivity index (χ1) is 11.9. The summed E-state index contributed by atoms with van der Waals surface area (Å²) in [6.07, 6.45) is 10.7. The van der Waals surface area contributed by atoms with E-state index >= 15 is 0 Å². The van der Waals surface area contributed by atoms with Crippen molar-refractivity contribution >= 4 is 39.1 Å². The van der Waals surface area contributed by atoms with Crippen molar-refractivity contribution in [2.45, 2.75) is 49.4 Å². The molecular formula is C19H21BrClN3O. The second-order valence-corrected chi connectivity index (χ2v) is 10.5. The molecule has 4 bridgehead atoms. The fraction of sp³-hybridized carbons (Fsp3) is 0.579. The van der Waals surface area contributed by atoms with Crippen molar-refractivity contribution in [3.8, 4) is 0 Å². The molecule has 0 aliphatic heterocycles. The molecule has 0 saturated heterocycles. The molecule has 4 fully saturated rings. The number of halogens is 2. The zero-order chi connectivity index (χ0) is 17.2. The fourth-order valence-electron chi connectivity index (χ4n) is 5.88. The molecule has 2 aromatic rings. The number of alkyl halides is 1. The normalized spacial score (nSPS) is 36.1. The van der Waals surface area contributed by atoms with E-state index in [-0.39, 0.29) is 15.6 Å². The van der Waals surface area contributed by atoms with Crippen LogP contribution < -0.4 is 5.32 Å². The van der Waals surface area contributed by atoms with E-state index in [1.807, 2.05) is 28.9 Å². The third kappa shape index (κ3) is 2.71. The predicted molar refractivity (Wildman–Crippen MR) is 101 cm³/mol. The molecule has 6 rings (SSSR count). The minimum absolute atomic E-state index is 0.171. The zero-order valence-corrected chi connectivity index (χ0v) is 16.3. The monoisotopic (exact) mass is 421 g/mol. The summed E-state index contributed by atoms with van der Waals surface area (Å²) < 4.78 is 2.11. The second-order valence-electron chi connectivity index (χ2n) is 8.42. The molecule has 1 amide bonds. The number of nitrogens with one attached hydrogen (secondary N) is 1. The van der Waals surface area contributed by atoms with Crippen molar-refractivity contribution < 1.29 is 4.79 Å². The van der Waals surface area contributed by atoms with Crippen LogP contribution in [0.3, 0.4) is 0 Å². The molecule has 2 unspecified atom stereocenters. The van der Waals surface area contributed by atoms with Crippen molar-refractivity contribution in [2.24, 2.45) is 17.3 Å². The van der Waals surface area contributed by atoms with E-state index in [2.05, 4.69) is 26.2 Å². The summed E-state index contributed by atoms with van der Waals surface area (Å²) in [6, 6.07) is 3.72. The lowest BCUT2D eigenvalue weighted by Crippen LogP contribution is -2.58. The first kappa shape index (κ1) is 16.1. The molecule has 2 aromatic heterocycles. The predicted octanol–water partition coefficient (Wildman–Crippen LogP) is 4.34. The van der Waals surface area contributed by atoms with Crippen LogP contribution in [0.2, 0.25) is 5.02 Å². The van der Waals surface area contributed by atoms with Crippen LogP contribution in [0.25, 0.3) is 5.65 Å². The Balaban J connectivity index is 1.33. The van der Waals surface area contributed by atoms with E-state index in [0.717, 1.165) is 30.6 Å². The smallest absolute Gasteiger partial charge is 0.226 e. The van der Waals surface area contributed by atoms with Gasteiger partial charge in [-0.25, -0.2) is 4.98 Å². The van der Waals surface area contributed by atoms with Crippen LogP contribution in [0.15, 0.2) is 24.5 Å². The van der Waals surface area contributed by atoms with Crippen LogP contribution in [0, 0.1) is 17.3 Å². The summed E-state index contributed by atoms with van der Waals surface area (Å²) in [5.74, 6) is 1.65. The Bertz CT molecular complexity index is 849. The number of nitrogens with zero attached hydrogens (tertiary/aromatic N) is 2. The van der Waals surface area contributed by atoms with E-state index in [1.165, 1.54) is 19.3 Å². The van der Waals surface area contributed by atoms with Gasteiger partial charge in [-0.05, 0) is 62.5 Å². The van der Waals surface area contributed by atoms with Gasteiger partial charge in [0, 0.05) is 16.7 Å². The molecule has 2 atom stereocenters. The first-order valence-corrected chi connectivity index (χ1v) is 10.2. The minimum Gasteiger partial charge on any atom is -0.350 e. The van der Waals surface area contributed by atoms with Gasteiger partial charge in [0.2, 0.25) is 5.91 Å². The Hall–Kier alpha value is -1.07.